The fourth-order valence-electron chi connectivity index (χ4n) is 3.74. The number of rotatable bonds is 5. The number of aromatic amines is 1. The molecule has 0 bridgehead atoms. The first-order chi connectivity index (χ1) is 13.2. The number of anilines is 1. The van der Waals surface area contributed by atoms with E-state index >= 15 is 0 Å². The molecule has 1 saturated heterocycles. The van der Waals surface area contributed by atoms with Gasteiger partial charge in [-0.25, -0.2) is 4.98 Å². The molecule has 0 aliphatic carbocycles. The van der Waals surface area contributed by atoms with E-state index in [0.29, 0.717) is 12.5 Å². The zero-order valence-corrected chi connectivity index (χ0v) is 15.7. The Bertz CT molecular complexity index is 864. The Morgan fingerprint density at radius 3 is 2.59 bits per heavy atom. The van der Waals surface area contributed by atoms with Crippen molar-refractivity contribution in [3.63, 3.8) is 0 Å². The minimum atomic E-state index is 0.0913. The van der Waals surface area contributed by atoms with Crippen LogP contribution < -0.4 is 10.2 Å². The molecule has 3 aromatic rings. The van der Waals surface area contributed by atoms with E-state index in [1.807, 2.05) is 42.5 Å². The van der Waals surface area contributed by atoms with Crippen LogP contribution in [0.3, 0.4) is 0 Å². The van der Waals surface area contributed by atoms with Gasteiger partial charge in [0.15, 0.2) is 0 Å². The number of hydrogen-bond acceptors (Lipinski definition) is 3. The number of nitrogens with zero attached hydrogens (tertiary/aromatic N) is 2. The van der Waals surface area contributed by atoms with Gasteiger partial charge in [0.25, 0.3) is 0 Å². The van der Waals surface area contributed by atoms with E-state index in [1.165, 1.54) is 5.56 Å². The van der Waals surface area contributed by atoms with Gasteiger partial charge in [0.1, 0.15) is 0 Å². The number of carbonyl (C=O) groups excluding carboxylic acids is 1. The van der Waals surface area contributed by atoms with E-state index in [-0.39, 0.29) is 11.8 Å². The highest BCUT2D eigenvalue weighted by Crippen LogP contribution is 2.24. The van der Waals surface area contributed by atoms with Crippen molar-refractivity contribution in [2.75, 3.05) is 24.5 Å². The smallest absolute Gasteiger partial charge is 0.223 e. The Balaban J connectivity index is 1.29. The minimum Gasteiger partial charge on any atom is -0.355 e. The highest BCUT2D eigenvalue weighted by molar-refractivity contribution is 5.79. The lowest BCUT2D eigenvalue weighted by molar-refractivity contribution is -0.125. The molecule has 5 heteroatoms. The van der Waals surface area contributed by atoms with Crippen LogP contribution in [0.2, 0.25) is 0 Å². The highest BCUT2D eigenvalue weighted by Gasteiger charge is 2.26. The first-order valence-corrected chi connectivity index (χ1v) is 9.73. The van der Waals surface area contributed by atoms with Crippen molar-refractivity contribution in [1.29, 1.82) is 0 Å². The molecular formula is C22H26N4O. The maximum Gasteiger partial charge on any atom is 0.223 e. The lowest BCUT2D eigenvalue weighted by atomic mass is 9.95. The Labute approximate surface area is 159 Å². The molecular weight excluding hydrogens is 336 g/mol. The van der Waals surface area contributed by atoms with Crippen molar-refractivity contribution >= 4 is 22.9 Å². The summed E-state index contributed by atoms with van der Waals surface area (Å²) in [5, 5.41) is 3.15. The quantitative estimate of drug-likeness (QED) is 0.727. The number of piperidine rings is 1. The van der Waals surface area contributed by atoms with Crippen molar-refractivity contribution in [2.45, 2.75) is 25.7 Å². The summed E-state index contributed by atoms with van der Waals surface area (Å²) in [6.45, 7) is 4.55. The van der Waals surface area contributed by atoms with E-state index in [1.54, 1.807) is 0 Å². The Morgan fingerprint density at radius 2 is 1.85 bits per heavy atom. The number of fused-ring (bicyclic) bond motifs is 1. The van der Waals surface area contributed by atoms with Crippen LogP contribution in [0.15, 0.2) is 54.6 Å². The number of H-pyrrole nitrogens is 1. The average molecular weight is 362 g/mol. The normalized spacial score (nSPS) is 16.4. The van der Waals surface area contributed by atoms with Gasteiger partial charge in [-0.2, -0.15) is 0 Å². The Morgan fingerprint density at radius 1 is 1.15 bits per heavy atom. The summed E-state index contributed by atoms with van der Waals surface area (Å²) < 4.78 is 0. The summed E-state index contributed by atoms with van der Waals surface area (Å²) in [5.74, 6) is 1.51. The number of aromatic nitrogens is 2. The van der Waals surface area contributed by atoms with E-state index in [4.69, 9.17) is 0 Å². The molecule has 1 atom stereocenters. The first kappa shape index (κ1) is 17.6. The number of carbonyl (C=O) groups is 1. The molecule has 0 spiro atoms. The van der Waals surface area contributed by atoms with Crippen LogP contribution in [0.1, 0.15) is 31.2 Å². The van der Waals surface area contributed by atoms with Crippen molar-refractivity contribution in [2.24, 2.45) is 5.92 Å². The number of hydrogen-bond donors (Lipinski definition) is 2. The summed E-state index contributed by atoms with van der Waals surface area (Å²) in [6, 6.07) is 18.4. The monoisotopic (exact) mass is 362 g/mol. The maximum atomic E-state index is 12.6. The van der Waals surface area contributed by atoms with Gasteiger partial charge in [-0.1, -0.05) is 49.4 Å². The summed E-state index contributed by atoms with van der Waals surface area (Å²) in [7, 11) is 0. The van der Waals surface area contributed by atoms with E-state index < -0.39 is 0 Å². The average Bonchev–Trinajstić information content (AvgIpc) is 3.17. The highest BCUT2D eigenvalue weighted by atomic mass is 16.1. The largest absolute Gasteiger partial charge is 0.355 e. The fourth-order valence-corrected chi connectivity index (χ4v) is 3.74. The fraction of sp³-hybridized carbons (Fsp3) is 0.364. The zero-order chi connectivity index (χ0) is 18.6. The summed E-state index contributed by atoms with van der Waals surface area (Å²) in [5.41, 5.74) is 3.31. The lowest BCUT2D eigenvalue weighted by Gasteiger charge is -2.31. The van der Waals surface area contributed by atoms with Crippen molar-refractivity contribution in [1.82, 2.24) is 15.3 Å². The first-order valence-electron chi connectivity index (χ1n) is 9.73. The molecule has 4 rings (SSSR count). The topological polar surface area (TPSA) is 61.0 Å². The minimum absolute atomic E-state index is 0.0913. The van der Waals surface area contributed by atoms with Crippen LogP contribution in [-0.2, 0) is 4.79 Å². The van der Waals surface area contributed by atoms with Gasteiger partial charge in [-0.15, -0.1) is 0 Å². The van der Waals surface area contributed by atoms with Gasteiger partial charge in [-0.3, -0.25) is 4.79 Å². The van der Waals surface area contributed by atoms with Gasteiger partial charge in [0.2, 0.25) is 11.9 Å². The molecule has 1 aliphatic rings. The number of imidazole rings is 1. The van der Waals surface area contributed by atoms with Gasteiger partial charge >= 0.3 is 0 Å². The predicted molar refractivity (Wildman–Crippen MR) is 109 cm³/mol. The van der Waals surface area contributed by atoms with Crippen LogP contribution in [0.5, 0.6) is 0 Å². The molecule has 0 radical (unpaired) electrons. The molecule has 27 heavy (non-hydrogen) atoms. The van der Waals surface area contributed by atoms with Crippen LogP contribution in [0.25, 0.3) is 11.0 Å². The molecule has 1 aliphatic heterocycles. The van der Waals surface area contributed by atoms with Crippen LogP contribution in [-0.4, -0.2) is 35.5 Å². The Kier molecular flexibility index (Phi) is 5.10. The molecule has 0 unspecified atom stereocenters. The number of para-hydroxylation sites is 2. The molecule has 1 aromatic heterocycles. The zero-order valence-electron chi connectivity index (χ0n) is 15.7. The molecule has 2 aromatic carbocycles. The van der Waals surface area contributed by atoms with Gasteiger partial charge < -0.3 is 15.2 Å². The molecule has 0 saturated carbocycles. The van der Waals surface area contributed by atoms with E-state index in [0.717, 1.165) is 42.9 Å². The van der Waals surface area contributed by atoms with Crippen LogP contribution in [0, 0.1) is 5.92 Å². The summed E-state index contributed by atoms with van der Waals surface area (Å²) in [4.78, 5) is 22.9. The molecule has 140 valence electrons. The molecule has 5 nitrogen and oxygen atoms in total. The summed E-state index contributed by atoms with van der Waals surface area (Å²) in [6.07, 6.45) is 1.73. The number of nitrogens with one attached hydrogen (secondary N) is 2. The van der Waals surface area contributed by atoms with Crippen molar-refractivity contribution in [3.8, 4) is 0 Å². The van der Waals surface area contributed by atoms with Gasteiger partial charge in [-0.05, 0) is 36.5 Å². The second kappa shape index (κ2) is 7.82. The molecule has 2 N–H and O–H groups in total. The van der Waals surface area contributed by atoms with Gasteiger partial charge in [0, 0.05) is 25.6 Å². The molecule has 1 fully saturated rings. The molecule has 1 amide bonds. The maximum absolute atomic E-state index is 12.6. The second-order valence-electron chi connectivity index (χ2n) is 7.40. The number of amides is 1. The SMILES string of the molecule is C[C@@H](CNC(=O)C1CCN(c2nc3ccccc3[nH]2)CC1)c1ccccc1. The third-order valence-electron chi connectivity index (χ3n) is 5.49. The Hall–Kier alpha value is -2.82. The van der Waals surface area contributed by atoms with Crippen LogP contribution in [0.4, 0.5) is 5.95 Å². The third-order valence-corrected chi connectivity index (χ3v) is 5.49. The van der Waals surface area contributed by atoms with Crippen molar-refractivity contribution in [3.05, 3.63) is 60.2 Å². The van der Waals surface area contributed by atoms with E-state index in [9.17, 15) is 4.79 Å². The van der Waals surface area contributed by atoms with E-state index in [2.05, 4.69) is 39.2 Å². The summed E-state index contributed by atoms with van der Waals surface area (Å²) >= 11 is 0. The van der Waals surface area contributed by atoms with Gasteiger partial charge in [0.05, 0.1) is 11.0 Å². The number of benzene rings is 2. The molecule has 2 heterocycles. The standard InChI is InChI=1S/C22H26N4O/c1-16(17-7-3-2-4-8-17)15-23-21(27)18-11-13-26(14-12-18)22-24-19-9-5-6-10-20(19)25-22/h2-10,16,18H,11-15H2,1H3,(H,23,27)(H,24,25)/t16-/m0/s1. The van der Waals surface area contributed by atoms with Crippen molar-refractivity contribution < 1.29 is 4.79 Å². The predicted octanol–water partition coefficient (Wildman–Crippen LogP) is 3.70. The third kappa shape index (κ3) is 3.97. The second-order valence-corrected chi connectivity index (χ2v) is 7.40. The van der Waals surface area contributed by atoms with Crippen LogP contribution >= 0.6 is 0 Å². The lowest BCUT2D eigenvalue weighted by Crippen LogP contribution is -2.41.